The van der Waals surface area contributed by atoms with Crippen LogP contribution in [0.2, 0.25) is 5.02 Å². The fourth-order valence-corrected chi connectivity index (χ4v) is 3.69. The molecular formula is C23H22ClFN2O3. The highest BCUT2D eigenvalue weighted by molar-refractivity contribution is 6.30. The zero-order valence-corrected chi connectivity index (χ0v) is 17.1. The van der Waals surface area contributed by atoms with Crippen LogP contribution in [-0.2, 0) is 11.2 Å². The first-order valence-corrected chi connectivity index (χ1v) is 10.3. The molecule has 0 aliphatic carbocycles. The van der Waals surface area contributed by atoms with Crippen molar-refractivity contribution in [2.45, 2.75) is 25.2 Å². The maximum Gasteiger partial charge on any atom is 0.260 e. The molecule has 0 spiro atoms. The third-order valence-corrected chi connectivity index (χ3v) is 5.41. The predicted octanol–water partition coefficient (Wildman–Crippen LogP) is 4.84. The molecule has 1 unspecified atom stereocenters. The molecule has 5 nitrogen and oxygen atoms in total. The van der Waals surface area contributed by atoms with Crippen LogP contribution in [-0.4, -0.2) is 35.5 Å². The molecule has 1 aliphatic heterocycles. The summed E-state index contributed by atoms with van der Waals surface area (Å²) < 4.78 is 24.4. The second-order valence-corrected chi connectivity index (χ2v) is 7.83. The van der Waals surface area contributed by atoms with Crippen molar-refractivity contribution in [1.29, 1.82) is 0 Å². The number of rotatable bonds is 6. The molecule has 3 aromatic rings. The minimum absolute atomic E-state index is 0.0625. The van der Waals surface area contributed by atoms with Crippen LogP contribution in [0.1, 0.15) is 36.0 Å². The standard InChI is InChI=1S/C23H22ClFN2O3/c24-18-5-3-16(4-6-18)12-21-13-26-23(30-21)17-2-1-11-27(14-17)22(28)15-29-20-9-7-19(25)8-10-20/h3-10,13,17H,1-2,11-12,14-15H2. The van der Waals surface area contributed by atoms with Crippen molar-refractivity contribution >= 4 is 17.5 Å². The van der Waals surface area contributed by atoms with Crippen LogP contribution in [0.3, 0.4) is 0 Å². The normalized spacial score (nSPS) is 16.5. The molecule has 1 atom stereocenters. The second-order valence-electron chi connectivity index (χ2n) is 7.39. The summed E-state index contributed by atoms with van der Waals surface area (Å²) in [6.45, 7) is 1.15. The van der Waals surface area contributed by atoms with E-state index in [1.165, 1.54) is 24.3 Å². The Kier molecular flexibility index (Phi) is 6.33. The van der Waals surface area contributed by atoms with Gasteiger partial charge in [-0.05, 0) is 54.8 Å². The Morgan fingerprint density at radius 1 is 1.20 bits per heavy atom. The van der Waals surface area contributed by atoms with E-state index in [0.29, 0.717) is 36.2 Å². The molecule has 156 valence electrons. The van der Waals surface area contributed by atoms with E-state index < -0.39 is 0 Å². The van der Waals surface area contributed by atoms with E-state index in [-0.39, 0.29) is 24.2 Å². The Bertz CT molecular complexity index is 988. The van der Waals surface area contributed by atoms with Gasteiger partial charge < -0.3 is 14.1 Å². The number of benzene rings is 2. The third-order valence-electron chi connectivity index (χ3n) is 5.16. The first-order chi connectivity index (χ1) is 14.6. The third kappa shape index (κ3) is 5.19. The van der Waals surface area contributed by atoms with Crippen molar-refractivity contribution in [1.82, 2.24) is 9.88 Å². The van der Waals surface area contributed by atoms with E-state index in [9.17, 15) is 9.18 Å². The van der Waals surface area contributed by atoms with E-state index in [0.717, 1.165) is 24.2 Å². The molecule has 0 bridgehead atoms. The minimum atomic E-state index is -0.339. The number of carbonyl (C=O) groups excluding carboxylic acids is 1. The van der Waals surface area contributed by atoms with Gasteiger partial charge in [-0.3, -0.25) is 4.79 Å². The SMILES string of the molecule is O=C(COc1ccc(F)cc1)N1CCCC(c2ncc(Cc3ccc(Cl)cc3)o2)C1. The van der Waals surface area contributed by atoms with Crippen molar-refractivity contribution in [2.24, 2.45) is 0 Å². The van der Waals surface area contributed by atoms with Crippen LogP contribution in [0.25, 0.3) is 0 Å². The van der Waals surface area contributed by atoms with Gasteiger partial charge in [0.15, 0.2) is 12.5 Å². The van der Waals surface area contributed by atoms with Crippen LogP contribution >= 0.6 is 11.6 Å². The monoisotopic (exact) mass is 428 g/mol. The van der Waals surface area contributed by atoms with Gasteiger partial charge in [-0.25, -0.2) is 9.37 Å². The number of likely N-dealkylation sites (tertiary alicyclic amines) is 1. The zero-order valence-electron chi connectivity index (χ0n) is 16.4. The number of oxazole rings is 1. The molecule has 2 aromatic carbocycles. The lowest BCUT2D eigenvalue weighted by Gasteiger charge is -2.31. The smallest absolute Gasteiger partial charge is 0.260 e. The number of aromatic nitrogens is 1. The maximum atomic E-state index is 13.0. The van der Waals surface area contributed by atoms with Gasteiger partial charge >= 0.3 is 0 Å². The Labute approximate surface area is 179 Å². The molecule has 4 rings (SSSR count). The van der Waals surface area contributed by atoms with E-state index in [1.54, 1.807) is 11.1 Å². The van der Waals surface area contributed by atoms with E-state index in [2.05, 4.69) is 4.98 Å². The molecule has 1 saturated heterocycles. The zero-order chi connectivity index (χ0) is 20.9. The summed E-state index contributed by atoms with van der Waals surface area (Å²) in [5, 5.41) is 0.701. The molecule has 0 radical (unpaired) electrons. The summed E-state index contributed by atoms with van der Waals surface area (Å²) in [5.74, 6) is 1.54. The largest absolute Gasteiger partial charge is 0.484 e. The van der Waals surface area contributed by atoms with Crippen LogP contribution in [0.4, 0.5) is 4.39 Å². The first kappa shape index (κ1) is 20.4. The Hall–Kier alpha value is -2.86. The lowest BCUT2D eigenvalue weighted by Crippen LogP contribution is -2.41. The number of carbonyl (C=O) groups is 1. The molecular weight excluding hydrogens is 407 g/mol. The lowest BCUT2D eigenvalue weighted by atomic mass is 9.98. The lowest BCUT2D eigenvalue weighted by molar-refractivity contribution is -0.134. The molecule has 7 heteroatoms. The van der Waals surface area contributed by atoms with Gasteiger partial charge in [0.25, 0.3) is 5.91 Å². The van der Waals surface area contributed by atoms with Crippen molar-refractivity contribution in [3.05, 3.63) is 82.8 Å². The topological polar surface area (TPSA) is 55.6 Å². The van der Waals surface area contributed by atoms with Gasteiger partial charge in [0.2, 0.25) is 0 Å². The van der Waals surface area contributed by atoms with Crippen LogP contribution in [0.15, 0.2) is 59.1 Å². The van der Waals surface area contributed by atoms with Crippen LogP contribution < -0.4 is 4.74 Å². The van der Waals surface area contributed by atoms with Gasteiger partial charge in [0.1, 0.15) is 17.3 Å². The number of hydrogen-bond donors (Lipinski definition) is 0. The van der Waals surface area contributed by atoms with E-state index in [4.69, 9.17) is 20.8 Å². The summed E-state index contributed by atoms with van der Waals surface area (Å²) in [6, 6.07) is 13.3. The quantitative estimate of drug-likeness (QED) is 0.563. The molecule has 30 heavy (non-hydrogen) atoms. The molecule has 1 amide bonds. The fraction of sp³-hybridized carbons (Fsp3) is 0.304. The Balaban J connectivity index is 1.33. The average Bonchev–Trinajstić information content (AvgIpc) is 3.23. The summed E-state index contributed by atoms with van der Waals surface area (Å²) in [5.41, 5.74) is 1.10. The number of amides is 1. The van der Waals surface area contributed by atoms with E-state index in [1.807, 2.05) is 24.3 Å². The first-order valence-electron chi connectivity index (χ1n) is 9.92. The van der Waals surface area contributed by atoms with Gasteiger partial charge in [-0.15, -0.1) is 0 Å². The number of nitrogens with zero attached hydrogens (tertiary/aromatic N) is 2. The van der Waals surface area contributed by atoms with Gasteiger partial charge in [0, 0.05) is 24.5 Å². The number of hydrogen-bond acceptors (Lipinski definition) is 4. The van der Waals surface area contributed by atoms with E-state index >= 15 is 0 Å². The summed E-state index contributed by atoms with van der Waals surface area (Å²) >= 11 is 5.93. The second kappa shape index (κ2) is 9.30. The van der Waals surface area contributed by atoms with Crippen molar-refractivity contribution in [2.75, 3.05) is 19.7 Å². The predicted molar refractivity (Wildman–Crippen MR) is 111 cm³/mol. The summed E-state index contributed by atoms with van der Waals surface area (Å²) in [7, 11) is 0. The molecule has 0 saturated carbocycles. The van der Waals surface area contributed by atoms with Gasteiger partial charge in [-0.2, -0.15) is 0 Å². The fourth-order valence-electron chi connectivity index (χ4n) is 3.57. The summed E-state index contributed by atoms with van der Waals surface area (Å²) in [4.78, 5) is 18.8. The van der Waals surface area contributed by atoms with Crippen LogP contribution in [0, 0.1) is 5.82 Å². The Morgan fingerprint density at radius 2 is 1.97 bits per heavy atom. The molecule has 1 aliphatic rings. The maximum absolute atomic E-state index is 13.0. The Morgan fingerprint density at radius 3 is 2.73 bits per heavy atom. The average molecular weight is 429 g/mol. The molecule has 1 aromatic heterocycles. The van der Waals surface area contributed by atoms with Crippen molar-refractivity contribution in [3.63, 3.8) is 0 Å². The molecule has 1 fully saturated rings. The highest BCUT2D eigenvalue weighted by atomic mass is 35.5. The highest BCUT2D eigenvalue weighted by Crippen LogP contribution is 2.27. The van der Waals surface area contributed by atoms with Gasteiger partial charge in [0.05, 0.1) is 12.1 Å². The molecule has 0 N–H and O–H groups in total. The number of piperidine rings is 1. The summed E-state index contributed by atoms with van der Waals surface area (Å²) in [6.07, 6.45) is 4.19. The highest BCUT2D eigenvalue weighted by Gasteiger charge is 2.28. The number of halogens is 2. The van der Waals surface area contributed by atoms with Crippen molar-refractivity contribution in [3.8, 4) is 5.75 Å². The van der Waals surface area contributed by atoms with Gasteiger partial charge in [-0.1, -0.05) is 23.7 Å². The minimum Gasteiger partial charge on any atom is -0.484 e. The van der Waals surface area contributed by atoms with Crippen molar-refractivity contribution < 1.29 is 18.3 Å². The number of ether oxygens (including phenoxy) is 1. The van der Waals surface area contributed by atoms with Crippen LogP contribution in [0.5, 0.6) is 5.75 Å². The molecule has 2 heterocycles.